The summed E-state index contributed by atoms with van der Waals surface area (Å²) >= 11 is 3.46. The number of nitrogens with zero attached hydrogens (tertiary/aromatic N) is 1. The van der Waals surface area contributed by atoms with E-state index in [1.165, 1.54) is 0 Å². The Labute approximate surface area is 119 Å². The average Bonchev–Trinajstić information content (AvgIpc) is 2.82. The second-order valence-corrected chi connectivity index (χ2v) is 5.09. The number of para-hydroxylation sites is 1. The lowest BCUT2D eigenvalue weighted by molar-refractivity contribution is 0.341. The van der Waals surface area contributed by atoms with Crippen molar-refractivity contribution in [1.29, 1.82) is 0 Å². The Morgan fingerprint density at radius 2 is 2.05 bits per heavy atom. The van der Waals surface area contributed by atoms with Crippen LogP contribution in [-0.4, -0.2) is 16.6 Å². The zero-order valence-corrected chi connectivity index (χ0v) is 12.1. The number of hydrogen-bond donors (Lipinski definition) is 1. The van der Waals surface area contributed by atoms with E-state index in [0.717, 1.165) is 32.6 Å². The molecule has 0 aliphatic rings. The molecule has 0 fully saturated rings. The number of aromatic amines is 1. The maximum absolute atomic E-state index is 5.64. The molecule has 0 saturated heterocycles. The number of fused-ring (bicyclic) bond motifs is 1. The maximum Gasteiger partial charge on any atom is 0.142 e. The Morgan fingerprint density at radius 3 is 2.89 bits per heavy atom. The summed E-state index contributed by atoms with van der Waals surface area (Å²) in [5, 5.41) is 0. The van der Waals surface area contributed by atoms with Gasteiger partial charge in [0.15, 0.2) is 0 Å². The van der Waals surface area contributed by atoms with E-state index in [-0.39, 0.29) is 0 Å². The van der Waals surface area contributed by atoms with Gasteiger partial charge in [-0.1, -0.05) is 28.1 Å². The molecule has 19 heavy (non-hydrogen) atoms. The van der Waals surface area contributed by atoms with Gasteiger partial charge in [-0.05, 0) is 37.3 Å². The van der Waals surface area contributed by atoms with Crippen LogP contribution in [0.15, 0.2) is 46.9 Å². The molecule has 96 valence electrons. The summed E-state index contributed by atoms with van der Waals surface area (Å²) in [4.78, 5) is 7.94. The van der Waals surface area contributed by atoms with E-state index in [4.69, 9.17) is 4.74 Å². The number of nitrogens with one attached hydrogen (secondary N) is 1. The largest absolute Gasteiger partial charge is 0.493 e. The van der Waals surface area contributed by atoms with Gasteiger partial charge in [-0.25, -0.2) is 4.98 Å². The highest BCUT2D eigenvalue weighted by atomic mass is 79.9. The lowest BCUT2D eigenvalue weighted by Gasteiger charge is -2.07. The third kappa shape index (κ3) is 2.36. The Hall–Kier alpha value is -1.81. The van der Waals surface area contributed by atoms with Crippen molar-refractivity contribution in [2.24, 2.45) is 0 Å². The van der Waals surface area contributed by atoms with Crippen molar-refractivity contribution >= 4 is 27.0 Å². The summed E-state index contributed by atoms with van der Waals surface area (Å²) in [5.41, 5.74) is 2.94. The molecule has 0 bridgehead atoms. The molecule has 3 aromatic rings. The highest BCUT2D eigenvalue weighted by Gasteiger charge is 2.10. The van der Waals surface area contributed by atoms with Gasteiger partial charge in [-0.3, -0.25) is 0 Å². The van der Waals surface area contributed by atoms with E-state index >= 15 is 0 Å². The van der Waals surface area contributed by atoms with Crippen LogP contribution in [0.1, 0.15) is 6.92 Å². The lowest BCUT2D eigenvalue weighted by Crippen LogP contribution is -1.94. The summed E-state index contributed by atoms with van der Waals surface area (Å²) in [7, 11) is 0. The average molecular weight is 317 g/mol. The smallest absolute Gasteiger partial charge is 0.142 e. The number of ether oxygens (including phenoxy) is 1. The molecular formula is C15H13BrN2O. The van der Waals surface area contributed by atoms with Gasteiger partial charge in [0.1, 0.15) is 11.6 Å². The molecule has 0 saturated carbocycles. The second kappa shape index (κ2) is 5.05. The van der Waals surface area contributed by atoms with E-state index in [1.54, 1.807) is 0 Å². The fourth-order valence-corrected chi connectivity index (χ4v) is 2.41. The summed E-state index contributed by atoms with van der Waals surface area (Å²) in [6.07, 6.45) is 0. The summed E-state index contributed by atoms with van der Waals surface area (Å²) in [5.74, 6) is 1.68. The normalized spacial score (nSPS) is 10.8. The molecule has 3 rings (SSSR count). The summed E-state index contributed by atoms with van der Waals surface area (Å²) in [6.45, 7) is 2.62. The molecule has 0 aliphatic heterocycles. The van der Waals surface area contributed by atoms with E-state index in [9.17, 15) is 0 Å². The zero-order valence-electron chi connectivity index (χ0n) is 10.5. The Morgan fingerprint density at radius 1 is 1.21 bits per heavy atom. The Bertz CT molecular complexity index is 721. The van der Waals surface area contributed by atoms with Gasteiger partial charge in [0.25, 0.3) is 0 Å². The first-order valence-corrected chi connectivity index (χ1v) is 6.94. The Balaban J connectivity index is 2.13. The van der Waals surface area contributed by atoms with Gasteiger partial charge in [0.2, 0.25) is 0 Å². The number of rotatable bonds is 3. The molecule has 3 nitrogen and oxygen atoms in total. The molecule has 1 N–H and O–H groups in total. The Kier molecular flexibility index (Phi) is 3.25. The fraction of sp³-hybridized carbons (Fsp3) is 0.133. The van der Waals surface area contributed by atoms with Crippen molar-refractivity contribution in [2.45, 2.75) is 6.92 Å². The molecule has 4 heteroatoms. The van der Waals surface area contributed by atoms with Gasteiger partial charge in [-0.2, -0.15) is 0 Å². The van der Waals surface area contributed by atoms with Crippen LogP contribution in [0.25, 0.3) is 22.4 Å². The van der Waals surface area contributed by atoms with Gasteiger partial charge in [-0.15, -0.1) is 0 Å². The van der Waals surface area contributed by atoms with Crippen molar-refractivity contribution in [3.8, 4) is 17.1 Å². The minimum Gasteiger partial charge on any atom is -0.493 e. The first-order valence-electron chi connectivity index (χ1n) is 6.15. The van der Waals surface area contributed by atoms with Crippen molar-refractivity contribution in [2.75, 3.05) is 6.61 Å². The van der Waals surface area contributed by atoms with Crippen molar-refractivity contribution in [3.63, 3.8) is 0 Å². The van der Waals surface area contributed by atoms with Crippen molar-refractivity contribution in [1.82, 2.24) is 9.97 Å². The number of imidazole rings is 1. The van der Waals surface area contributed by atoms with Crippen LogP contribution in [0, 0.1) is 0 Å². The molecule has 2 aromatic carbocycles. The topological polar surface area (TPSA) is 37.9 Å². The SMILES string of the molecule is CCOc1ccccc1-c1nc2ccc(Br)cc2[nH]1. The monoisotopic (exact) mass is 316 g/mol. The summed E-state index contributed by atoms with van der Waals surface area (Å²) < 4.78 is 6.68. The highest BCUT2D eigenvalue weighted by Crippen LogP contribution is 2.29. The molecule has 0 radical (unpaired) electrons. The predicted molar refractivity (Wildman–Crippen MR) is 80.4 cm³/mol. The lowest BCUT2D eigenvalue weighted by atomic mass is 10.2. The van der Waals surface area contributed by atoms with Crippen LogP contribution < -0.4 is 4.74 Å². The molecular weight excluding hydrogens is 304 g/mol. The van der Waals surface area contributed by atoms with Crippen LogP contribution in [0.3, 0.4) is 0 Å². The second-order valence-electron chi connectivity index (χ2n) is 4.18. The van der Waals surface area contributed by atoms with Gasteiger partial charge >= 0.3 is 0 Å². The number of hydrogen-bond acceptors (Lipinski definition) is 2. The number of aromatic nitrogens is 2. The third-order valence-corrected chi connectivity index (χ3v) is 3.38. The van der Waals surface area contributed by atoms with Crippen LogP contribution in [0.5, 0.6) is 5.75 Å². The quantitative estimate of drug-likeness (QED) is 0.778. The van der Waals surface area contributed by atoms with E-state index in [0.29, 0.717) is 6.61 Å². The molecule has 0 aliphatic carbocycles. The van der Waals surface area contributed by atoms with Gasteiger partial charge in [0.05, 0.1) is 23.2 Å². The molecule has 0 amide bonds. The summed E-state index contributed by atoms with van der Waals surface area (Å²) in [6, 6.07) is 13.9. The molecule has 1 heterocycles. The molecule has 0 unspecified atom stereocenters. The number of halogens is 1. The predicted octanol–water partition coefficient (Wildman–Crippen LogP) is 4.39. The van der Waals surface area contributed by atoms with Crippen molar-refractivity contribution in [3.05, 3.63) is 46.9 Å². The highest BCUT2D eigenvalue weighted by molar-refractivity contribution is 9.10. The van der Waals surface area contributed by atoms with Crippen LogP contribution >= 0.6 is 15.9 Å². The molecule has 1 aromatic heterocycles. The minimum absolute atomic E-state index is 0.642. The van der Waals surface area contributed by atoms with Crippen LogP contribution in [0.4, 0.5) is 0 Å². The zero-order chi connectivity index (χ0) is 13.2. The minimum atomic E-state index is 0.642. The van der Waals surface area contributed by atoms with Crippen LogP contribution in [-0.2, 0) is 0 Å². The van der Waals surface area contributed by atoms with Gasteiger partial charge in [0, 0.05) is 4.47 Å². The number of H-pyrrole nitrogens is 1. The third-order valence-electron chi connectivity index (χ3n) is 2.89. The van der Waals surface area contributed by atoms with Gasteiger partial charge < -0.3 is 9.72 Å². The van der Waals surface area contributed by atoms with Crippen LogP contribution in [0.2, 0.25) is 0 Å². The van der Waals surface area contributed by atoms with E-state index in [2.05, 4.69) is 25.9 Å². The standard InChI is InChI=1S/C15H13BrN2O/c1-2-19-14-6-4-3-5-11(14)15-17-12-8-7-10(16)9-13(12)18-15/h3-9H,2H2,1H3,(H,17,18). The number of benzene rings is 2. The maximum atomic E-state index is 5.64. The first-order chi connectivity index (χ1) is 9.28. The molecule has 0 spiro atoms. The van der Waals surface area contributed by atoms with E-state index in [1.807, 2.05) is 49.4 Å². The fourth-order valence-electron chi connectivity index (χ4n) is 2.05. The van der Waals surface area contributed by atoms with Crippen molar-refractivity contribution < 1.29 is 4.74 Å². The van der Waals surface area contributed by atoms with E-state index < -0.39 is 0 Å². The molecule has 0 atom stereocenters. The first kappa shape index (κ1) is 12.2.